The Labute approximate surface area is 129 Å². The zero-order valence-electron chi connectivity index (χ0n) is 12.1. The van der Waals surface area contributed by atoms with Gasteiger partial charge in [-0.15, -0.1) is 0 Å². The van der Waals surface area contributed by atoms with Crippen LogP contribution < -0.4 is 11.1 Å². The van der Waals surface area contributed by atoms with Gasteiger partial charge in [-0.1, -0.05) is 6.92 Å². The number of carbonyl (C=O) groups is 1. The molecular formula is C12H19F2N3O6. The first-order valence-electron chi connectivity index (χ1n) is 6.87. The molecule has 2 aliphatic rings. The van der Waals surface area contributed by atoms with Gasteiger partial charge in [0.2, 0.25) is 0 Å². The van der Waals surface area contributed by atoms with Gasteiger partial charge in [0.25, 0.3) is 0 Å². The predicted octanol–water partition coefficient (Wildman–Crippen LogP) is -2.32. The summed E-state index contributed by atoms with van der Waals surface area (Å²) in [6.45, 7) is 0.566. The highest BCUT2D eigenvalue weighted by atomic mass is 19.2. The van der Waals surface area contributed by atoms with Crippen LogP contribution in [0.1, 0.15) is 6.92 Å². The van der Waals surface area contributed by atoms with Crippen molar-refractivity contribution in [2.75, 3.05) is 6.61 Å². The van der Waals surface area contributed by atoms with Crippen molar-refractivity contribution in [3.05, 3.63) is 0 Å². The van der Waals surface area contributed by atoms with Gasteiger partial charge in [0.05, 0.1) is 18.8 Å². The summed E-state index contributed by atoms with van der Waals surface area (Å²) < 4.78 is 33.7. The minimum atomic E-state index is -3.68. The van der Waals surface area contributed by atoms with E-state index in [0.717, 1.165) is 0 Å². The minimum absolute atomic E-state index is 0.724. The summed E-state index contributed by atoms with van der Waals surface area (Å²) in [5.41, 5.74) is 3.21. The molecule has 1 saturated carbocycles. The Kier molecular flexibility index (Phi) is 4.26. The number of carboxylic acids is 1. The van der Waals surface area contributed by atoms with Crippen molar-refractivity contribution in [3.8, 4) is 0 Å². The number of rotatable bonds is 5. The highest BCUT2D eigenvalue weighted by Gasteiger charge is 2.80. The average Bonchev–Trinajstić information content (AvgIpc) is 2.67. The second-order valence-corrected chi connectivity index (χ2v) is 5.93. The van der Waals surface area contributed by atoms with Crippen LogP contribution in [0.5, 0.6) is 0 Å². The quantitative estimate of drug-likeness (QED) is 0.216. The summed E-state index contributed by atoms with van der Waals surface area (Å²) >= 11 is 0. The van der Waals surface area contributed by atoms with Crippen molar-refractivity contribution < 1.29 is 38.7 Å². The maximum absolute atomic E-state index is 14.6. The monoisotopic (exact) mass is 339 g/mol. The van der Waals surface area contributed by atoms with Crippen molar-refractivity contribution in [1.82, 2.24) is 5.32 Å². The molecular weight excluding hydrogens is 320 g/mol. The number of carboxylic acid groups (broad SMARTS) is 1. The molecule has 1 aliphatic carbocycles. The third-order valence-electron chi connectivity index (χ3n) is 4.81. The summed E-state index contributed by atoms with van der Waals surface area (Å²) in [5, 5.41) is 46.8. The molecule has 8 N–H and O–H groups in total. The summed E-state index contributed by atoms with van der Waals surface area (Å²) in [4.78, 5) is 11.0. The van der Waals surface area contributed by atoms with E-state index in [-0.39, 0.29) is 0 Å². The fourth-order valence-corrected chi connectivity index (χ4v) is 3.62. The van der Waals surface area contributed by atoms with Crippen molar-refractivity contribution in [2.24, 2.45) is 17.6 Å². The van der Waals surface area contributed by atoms with Gasteiger partial charge in [-0.05, 0) is 5.92 Å². The Morgan fingerprint density at radius 2 is 2.09 bits per heavy atom. The Bertz CT molecular complexity index is 525. The van der Waals surface area contributed by atoms with Gasteiger partial charge >= 0.3 is 11.8 Å². The molecule has 0 aromatic carbocycles. The van der Waals surface area contributed by atoms with Crippen LogP contribution in [0, 0.1) is 17.2 Å². The Balaban J connectivity index is 2.41. The molecule has 2 rings (SSSR count). The Morgan fingerprint density at radius 1 is 1.52 bits per heavy atom. The van der Waals surface area contributed by atoms with Gasteiger partial charge in [-0.3, -0.25) is 5.41 Å². The summed E-state index contributed by atoms with van der Waals surface area (Å²) in [7, 11) is 0. The van der Waals surface area contributed by atoms with Crippen LogP contribution in [0.2, 0.25) is 0 Å². The SMILES string of the molecule is CC1C([C@H](O)[C@H](O)CO)C2OC(F)(C(=O)O)C(F)C12NC(=N)N. The highest BCUT2D eigenvalue weighted by molar-refractivity contribution is 5.80. The number of hydrogen-bond acceptors (Lipinski definition) is 6. The number of nitrogens with two attached hydrogens (primary N) is 1. The third kappa shape index (κ3) is 2.18. The van der Waals surface area contributed by atoms with Crippen LogP contribution in [0.3, 0.4) is 0 Å². The molecule has 0 spiro atoms. The fourth-order valence-electron chi connectivity index (χ4n) is 3.62. The molecule has 0 aromatic heterocycles. The molecule has 6 unspecified atom stereocenters. The molecule has 0 amide bonds. The molecule has 0 bridgehead atoms. The number of halogens is 2. The van der Waals surface area contributed by atoms with Gasteiger partial charge in [0.15, 0.2) is 12.1 Å². The highest BCUT2D eigenvalue weighted by Crippen LogP contribution is 2.59. The number of aliphatic carboxylic acids is 1. The summed E-state index contributed by atoms with van der Waals surface area (Å²) in [6, 6.07) is 0. The van der Waals surface area contributed by atoms with Crippen molar-refractivity contribution >= 4 is 11.9 Å². The molecule has 132 valence electrons. The number of aliphatic hydroxyl groups excluding tert-OH is 3. The van der Waals surface area contributed by atoms with Crippen LogP contribution in [0.15, 0.2) is 0 Å². The van der Waals surface area contributed by atoms with Crippen LogP contribution in [-0.2, 0) is 9.53 Å². The number of alkyl halides is 2. The first kappa shape index (κ1) is 17.8. The lowest BCUT2D eigenvalue weighted by Crippen LogP contribution is -2.78. The smallest absolute Gasteiger partial charge is 0.372 e. The maximum atomic E-state index is 14.6. The summed E-state index contributed by atoms with van der Waals surface area (Å²) in [5.74, 6) is -8.61. The van der Waals surface area contributed by atoms with Gasteiger partial charge in [-0.2, -0.15) is 4.39 Å². The third-order valence-corrected chi connectivity index (χ3v) is 4.81. The number of ether oxygens (including phenoxy) is 1. The number of fused-ring (bicyclic) bond motifs is 1. The second-order valence-electron chi connectivity index (χ2n) is 5.93. The van der Waals surface area contributed by atoms with E-state index >= 15 is 0 Å². The van der Waals surface area contributed by atoms with Crippen molar-refractivity contribution in [3.63, 3.8) is 0 Å². The lowest BCUT2D eigenvalue weighted by Gasteiger charge is -2.57. The maximum Gasteiger partial charge on any atom is 0.372 e. The van der Waals surface area contributed by atoms with Gasteiger partial charge in [0.1, 0.15) is 11.6 Å². The molecule has 23 heavy (non-hydrogen) atoms. The van der Waals surface area contributed by atoms with E-state index in [1.165, 1.54) is 6.92 Å². The lowest BCUT2D eigenvalue weighted by molar-refractivity contribution is -0.223. The molecule has 11 heteroatoms. The van der Waals surface area contributed by atoms with Gasteiger partial charge in [0, 0.05) is 5.92 Å². The molecule has 1 aliphatic heterocycles. The molecule has 0 aromatic rings. The lowest BCUT2D eigenvalue weighted by atomic mass is 9.54. The summed E-state index contributed by atoms with van der Waals surface area (Å²) in [6.07, 6.45) is -7.41. The van der Waals surface area contributed by atoms with E-state index < -0.39 is 66.2 Å². The molecule has 9 nitrogen and oxygen atoms in total. The molecule has 8 atom stereocenters. The number of nitrogens with one attached hydrogen (secondary N) is 2. The largest absolute Gasteiger partial charge is 0.477 e. The zero-order valence-corrected chi connectivity index (χ0v) is 12.1. The van der Waals surface area contributed by atoms with Crippen LogP contribution in [0.4, 0.5) is 8.78 Å². The second kappa shape index (κ2) is 5.51. The normalized spacial score (nSPS) is 44.8. The van der Waals surface area contributed by atoms with Crippen LogP contribution in [0.25, 0.3) is 0 Å². The molecule has 1 heterocycles. The first-order valence-corrected chi connectivity index (χ1v) is 6.87. The molecule has 0 radical (unpaired) electrons. The van der Waals surface area contributed by atoms with Crippen molar-refractivity contribution in [1.29, 1.82) is 5.41 Å². The van der Waals surface area contributed by atoms with Crippen molar-refractivity contribution in [2.45, 2.75) is 42.8 Å². The average molecular weight is 339 g/mol. The van der Waals surface area contributed by atoms with E-state index in [2.05, 4.69) is 5.32 Å². The van der Waals surface area contributed by atoms with E-state index in [0.29, 0.717) is 0 Å². The number of hydrogen-bond donors (Lipinski definition) is 7. The van der Waals surface area contributed by atoms with E-state index in [9.17, 15) is 23.8 Å². The predicted molar refractivity (Wildman–Crippen MR) is 70.8 cm³/mol. The Morgan fingerprint density at radius 3 is 2.52 bits per heavy atom. The minimum Gasteiger partial charge on any atom is -0.477 e. The fraction of sp³-hybridized carbons (Fsp3) is 0.833. The molecule has 1 saturated heterocycles. The molecule has 2 fully saturated rings. The van der Waals surface area contributed by atoms with Crippen LogP contribution >= 0.6 is 0 Å². The zero-order chi connectivity index (χ0) is 17.7. The van der Waals surface area contributed by atoms with Gasteiger partial charge in [-0.25, -0.2) is 9.18 Å². The van der Waals surface area contributed by atoms with E-state index in [1.807, 2.05) is 0 Å². The standard InChI is InChI=1S/C12H19F2N3O6/c1-3-5(6(20)4(19)2-18)7-11(3,17-10(15)16)8(13)12(14,23-7)9(21)22/h3-8,18-20H,2H2,1H3,(H,21,22)(H4,15,16,17)/t3?,4-,5?,6-,7?,8?,11?,12?/m1/s1. The van der Waals surface area contributed by atoms with Gasteiger partial charge < -0.3 is 36.2 Å². The van der Waals surface area contributed by atoms with E-state index in [1.54, 1.807) is 0 Å². The number of guanidine groups is 1. The van der Waals surface area contributed by atoms with Crippen LogP contribution in [-0.4, -0.2) is 74.8 Å². The Hall–Kier alpha value is -1.56. The first-order chi connectivity index (χ1) is 10.5. The topological polar surface area (TPSA) is 169 Å². The number of aliphatic hydroxyl groups is 3. The van der Waals surface area contributed by atoms with E-state index in [4.69, 9.17) is 26.1 Å².